The van der Waals surface area contributed by atoms with Gasteiger partial charge in [-0.15, -0.1) is 11.6 Å². The highest BCUT2D eigenvalue weighted by atomic mass is 35.5. The maximum Gasteiger partial charge on any atom is 0.158 e. The summed E-state index contributed by atoms with van der Waals surface area (Å²) in [5, 5.41) is 4.38. The van der Waals surface area contributed by atoms with Crippen molar-refractivity contribution in [3.05, 3.63) is 11.5 Å². The van der Waals surface area contributed by atoms with Crippen molar-refractivity contribution in [2.75, 3.05) is 0 Å². The van der Waals surface area contributed by atoms with Gasteiger partial charge in [0.15, 0.2) is 5.65 Å². The summed E-state index contributed by atoms with van der Waals surface area (Å²) in [6, 6.07) is 0. The Morgan fingerprint density at radius 3 is 2.75 bits per heavy atom. The van der Waals surface area contributed by atoms with Crippen molar-refractivity contribution in [2.45, 2.75) is 39.1 Å². The first-order chi connectivity index (χ1) is 7.69. The van der Waals surface area contributed by atoms with Crippen molar-refractivity contribution in [1.82, 2.24) is 19.3 Å². The largest absolute Gasteiger partial charge is 0.312 e. The van der Waals surface area contributed by atoms with Gasteiger partial charge in [0.25, 0.3) is 0 Å². The molecule has 2 heterocycles. The molecule has 0 aliphatic carbocycles. The summed E-state index contributed by atoms with van der Waals surface area (Å²) in [7, 11) is 1.96. The number of imidazole rings is 1. The van der Waals surface area contributed by atoms with Gasteiger partial charge in [-0.05, 0) is 13.3 Å². The summed E-state index contributed by atoms with van der Waals surface area (Å²) in [4.78, 5) is 4.55. The van der Waals surface area contributed by atoms with E-state index < -0.39 is 0 Å². The molecule has 16 heavy (non-hydrogen) atoms. The molecule has 0 aliphatic heterocycles. The number of unbranched alkanes of at least 4 members (excludes halogenated alkanes) is 1. The third-order valence-corrected chi connectivity index (χ3v) is 3.06. The van der Waals surface area contributed by atoms with Crippen molar-refractivity contribution in [3.63, 3.8) is 0 Å². The molecule has 0 saturated heterocycles. The second-order valence-electron chi connectivity index (χ2n) is 4.05. The van der Waals surface area contributed by atoms with Crippen molar-refractivity contribution in [1.29, 1.82) is 0 Å². The molecular weight excluding hydrogens is 224 g/mol. The lowest BCUT2D eigenvalue weighted by atomic mass is 10.3. The van der Waals surface area contributed by atoms with Crippen LogP contribution in [0.4, 0.5) is 0 Å². The second-order valence-corrected chi connectivity index (χ2v) is 4.32. The smallest absolute Gasteiger partial charge is 0.158 e. The van der Waals surface area contributed by atoms with Gasteiger partial charge >= 0.3 is 0 Å². The number of fused-ring (bicyclic) bond motifs is 1. The van der Waals surface area contributed by atoms with Crippen LogP contribution in [0.3, 0.4) is 0 Å². The van der Waals surface area contributed by atoms with Gasteiger partial charge in [-0.2, -0.15) is 5.10 Å². The molecule has 0 bridgehead atoms. The van der Waals surface area contributed by atoms with Crippen LogP contribution in [0, 0.1) is 6.92 Å². The van der Waals surface area contributed by atoms with Crippen LogP contribution in [-0.2, 0) is 19.5 Å². The molecule has 0 unspecified atom stereocenters. The number of aryl methyl sites for hydroxylation is 3. The zero-order chi connectivity index (χ0) is 11.7. The lowest BCUT2D eigenvalue weighted by molar-refractivity contribution is 0.607. The van der Waals surface area contributed by atoms with Gasteiger partial charge in [0.2, 0.25) is 0 Å². The first-order valence-electron chi connectivity index (χ1n) is 5.63. The third kappa shape index (κ3) is 1.71. The minimum Gasteiger partial charge on any atom is -0.312 e. The zero-order valence-electron chi connectivity index (χ0n) is 10.00. The van der Waals surface area contributed by atoms with Gasteiger partial charge in [-0.3, -0.25) is 4.68 Å². The fraction of sp³-hybridized carbons (Fsp3) is 0.636. The lowest BCUT2D eigenvalue weighted by Gasteiger charge is -2.06. The Bertz CT molecular complexity index is 498. The summed E-state index contributed by atoms with van der Waals surface area (Å²) in [5.41, 5.74) is 3.04. The van der Waals surface area contributed by atoms with Gasteiger partial charge in [0.05, 0.1) is 11.6 Å². The SMILES string of the molecule is CCCCn1c(CCl)nc2c(C)nn(C)c21. The van der Waals surface area contributed by atoms with Crippen LogP contribution in [0.25, 0.3) is 11.2 Å². The molecular formula is C11H17ClN4. The van der Waals surface area contributed by atoms with E-state index in [0.717, 1.165) is 42.1 Å². The molecule has 88 valence electrons. The fourth-order valence-electron chi connectivity index (χ4n) is 2.03. The van der Waals surface area contributed by atoms with E-state index in [0.29, 0.717) is 5.88 Å². The maximum absolute atomic E-state index is 5.93. The number of rotatable bonds is 4. The Kier molecular flexibility index (Phi) is 3.19. The van der Waals surface area contributed by atoms with Crippen molar-refractivity contribution >= 4 is 22.8 Å². The molecule has 2 aromatic heterocycles. The van der Waals surface area contributed by atoms with Crippen LogP contribution in [0.15, 0.2) is 0 Å². The quantitative estimate of drug-likeness (QED) is 0.771. The lowest BCUT2D eigenvalue weighted by Crippen LogP contribution is -2.06. The van der Waals surface area contributed by atoms with E-state index in [9.17, 15) is 0 Å². The minimum absolute atomic E-state index is 0.456. The average Bonchev–Trinajstić information content (AvgIpc) is 2.75. The predicted molar refractivity (Wildman–Crippen MR) is 65.7 cm³/mol. The molecule has 2 aromatic rings. The Morgan fingerprint density at radius 1 is 1.38 bits per heavy atom. The van der Waals surface area contributed by atoms with Gasteiger partial charge in [-0.1, -0.05) is 13.3 Å². The molecule has 0 fully saturated rings. The second kappa shape index (κ2) is 4.45. The molecule has 0 aliphatic rings. The van der Waals surface area contributed by atoms with E-state index >= 15 is 0 Å². The zero-order valence-corrected chi connectivity index (χ0v) is 10.8. The van der Waals surface area contributed by atoms with Crippen molar-refractivity contribution < 1.29 is 0 Å². The first-order valence-corrected chi connectivity index (χ1v) is 6.17. The molecule has 0 spiro atoms. The maximum atomic E-state index is 5.93. The molecule has 0 saturated carbocycles. The monoisotopic (exact) mass is 240 g/mol. The van der Waals surface area contributed by atoms with E-state index in [-0.39, 0.29) is 0 Å². The summed E-state index contributed by atoms with van der Waals surface area (Å²) in [6.07, 6.45) is 2.30. The molecule has 0 atom stereocenters. The topological polar surface area (TPSA) is 35.6 Å². The number of halogens is 1. The summed E-state index contributed by atoms with van der Waals surface area (Å²) in [5.74, 6) is 1.40. The molecule has 0 aromatic carbocycles. The molecule has 0 N–H and O–H groups in total. The predicted octanol–water partition coefficient (Wildman–Crippen LogP) is 2.62. The van der Waals surface area contributed by atoms with Crippen LogP contribution in [0.2, 0.25) is 0 Å². The number of nitrogens with zero attached hydrogens (tertiary/aromatic N) is 4. The molecule has 5 heteroatoms. The van der Waals surface area contributed by atoms with E-state index in [1.807, 2.05) is 18.7 Å². The van der Waals surface area contributed by atoms with Crippen LogP contribution < -0.4 is 0 Å². The van der Waals surface area contributed by atoms with Crippen LogP contribution in [0.1, 0.15) is 31.3 Å². The molecule has 0 amide bonds. The molecule has 0 radical (unpaired) electrons. The summed E-state index contributed by atoms with van der Waals surface area (Å²) >= 11 is 5.93. The van der Waals surface area contributed by atoms with E-state index in [1.165, 1.54) is 0 Å². The molecule has 4 nitrogen and oxygen atoms in total. The van der Waals surface area contributed by atoms with E-state index in [2.05, 4.69) is 21.6 Å². The Hall–Kier alpha value is -1.03. The van der Waals surface area contributed by atoms with Crippen LogP contribution >= 0.6 is 11.6 Å². The van der Waals surface area contributed by atoms with E-state index in [1.54, 1.807) is 0 Å². The average molecular weight is 241 g/mol. The number of hydrogen-bond donors (Lipinski definition) is 0. The third-order valence-electron chi connectivity index (χ3n) is 2.82. The van der Waals surface area contributed by atoms with Crippen LogP contribution in [0.5, 0.6) is 0 Å². The van der Waals surface area contributed by atoms with Gasteiger partial charge in [-0.25, -0.2) is 4.98 Å². The Morgan fingerprint density at radius 2 is 2.12 bits per heavy atom. The minimum atomic E-state index is 0.456. The normalized spacial score (nSPS) is 11.5. The Labute approximate surface area is 100 Å². The first kappa shape index (κ1) is 11.5. The summed E-state index contributed by atoms with van der Waals surface area (Å²) < 4.78 is 4.08. The van der Waals surface area contributed by atoms with Gasteiger partial charge in [0.1, 0.15) is 11.3 Å². The number of hydrogen-bond acceptors (Lipinski definition) is 2. The van der Waals surface area contributed by atoms with Gasteiger partial charge in [0, 0.05) is 13.6 Å². The number of alkyl halides is 1. The molecule has 2 rings (SSSR count). The summed E-state index contributed by atoms with van der Waals surface area (Å²) in [6.45, 7) is 5.13. The van der Waals surface area contributed by atoms with Crippen molar-refractivity contribution in [3.8, 4) is 0 Å². The highest BCUT2D eigenvalue weighted by Crippen LogP contribution is 2.20. The standard InChI is InChI=1S/C11H17ClN4/c1-4-5-6-16-9(7-12)13-10-8(2)14-15(3)11(10)16/h4-7H2,1-3H3. The van der Waals surface area contributed by atoms with Crippen molar-refractivity contribution in [2.24, 2.45) is 7.05 Å². The highest BCUT2D eigenvalue weighted by Gasteiger charge is 2.15. The fourth-order valence-corrected chi connectivity index (χ4v) is 2.24. The number of aromatic nitrogens is 4. The highest BCUT2D eigenvalue weighted by molar-refractivity contribution is 6.16. The van der Waals surface area contributed by atoms with E-state index in [4.69, 9.17) is 11.6 Å². The van der Waals surface area contributed by atoms with Gasteiger partial charge < -0.3 is 4.57 Å². The Balaban J connectivity index is 2.57. The van der Waals surface area contributed by atoms with Crippen LogP contribution in [-0.4, -0.2) is 19.3 Å².